The van der Waals surface area contributed by atoms with E-state index in [2.05, 4.69) is 15.0 Å². The molecule has 23 heavy (non-hydrogen) atoms. The number of hydrogen-bond acceptors (Lipinski definition) is 5. The van der Waals surface area contributed by atoms with Crippen molar-refractivity contribution in [1.82, 2.24) is 24.5 Å². The summed E-state index contributed by atoms with van der Waals surface area (Å²) in [6, 6.07) is -1.56. The number of amides is 2. The van der Waals surface area contributed by atoms with Gasteiger partial charge in [0, 0.05) is 25.8 Å². The van der Waals surface area contributed by atoms with E-state index in [-0.39, 0.29) is 23.3 Å². The minimum atomic E-state index is -3.74. The van der Waals surface area contributed by atoms with Gasteiger partial charge in [0.2, 0.25) is 11.8 Å². The summed E-state index contributed by atoms with van der Waals surface area (Å²) >= 11 is 0. The summed E-state index contributed by atoms with van der Waals surface area (Å²) in [7, 11) is -2.05. The minimum Gasteiger partial charge on any atom is -0.343 e. The van der Waals surface area contributed by atoms with Crippen LogP contribution in [-0.4, -0.2) is 59.4 Å². The molecule has 126 valence electrons. The Kier molecular flexibility index (Phi) is 3.88. The molecular formula is C13H19N5O4S. The Morgan fingerprint density at radius 3 is 2.78 bits per heavy atom. The summed E-state index contributed by atoms with van der Waals surface area (Å²) in [5, 5.41) is 2.57. The standard InChI is InChI=1S/C13H19N5O4S/c1-8-13(20)18-4-3-9(5-10(18)12(19)15-8)16-23(21,22)11-6-17(2)7-14-11/h6-10,16H,3-5H2,1-2H3,(H,15,19). The van der Waals surface area contributed by atoms with Gasteiger partial charge in [0.25, 0.3) is 10.0 Å². The number of piperidine rings is 1. The molecule has 10 heteroatoms. The number of imidazole rings is 1. The van der Waals surface area contributed by atoms with Crippen LogP contribution in [0.3, 0.4) is 0 Å². The average Bonchev–Trinajstić information content (AvgIpc) is 2.92. The van der Waals surface area contributed by atoms with Gasteiger partial charge in [-0.15, -0.1) is 0 Å². The van der Waals surface area contributed by atoms with Crippen LogP contribution >= 0.6 is 0 Å². The van der Waals surface area contributed by atoms with Gasteiger partial charge in [0.15, 0.2) is 5.03 Å². The predicted octanol–water partition coefficient (Wildman–Crippen LogP) is -1.42. The zero-order valence-corrected chi connectivity index (χ0v) is 13.7. The van der Waals surface area contributed by atoms with Gasteiger partial charge in [-0.1, -0.05) is 0 Å². The molecule has 0 spiro atoms. The highest BCUT2D eigenvalue weighted by Crippen LogP contribution is 2.23. The second-order valence-electron chi connectivity index (χ2n) is 6.00. The summed E-state index contributed by atoms with van der Waals surface area (Å²) in [6.07, 6.45) is 3.55. The van der Waals surface area contributed by atoms with Crippen molar-refractivity contribution < 1.29 is 18.0 Å². The summed E-state index contributed by atoms with van der Waals surface area (Å²) in [5.74, 6) is -0.362. The van der Waals surface area contributed by atoms with E-state index in [9.17, 15) is 18.0 Å². The Hall–Kier alpha value is -1.94. The molecule has 3 unspecified atom stereocenters. The molecule has 2 N–H and O–H groups in total. The molecule has 0 radical (unpaired) electrons. The predicted molar refractivity (Wildman–Crippen MR) is 79.7 cm³/mol. The zero-order valence-electron chi connectivity index (χ0n) is 12.9. The first-order valence-electron chi connectivity index (χ1n) is 7.39. The smallest absolute Gasteiger partial charge is 0.259 e. The zero-order chi connectivity index (χ0) is 16.8. The minimum absolute atomic E-state index is 0.0553. The van der Waals surface area contributed by atoms with Crippen molar-refractivity contribution in [2.75, 3.05) is 6.54 Å². The average molecular weight is 341 g/mol. The molecule has 2 saturated heterocycles. The molecule has 1 aromatic heterocycles. The number of carbonyl (C=O) groups excluding carboxylic acids is 2. The fraction of sp³-hybridized carbons (Fsp3) is 0.615. The second-order valence-corrected chi connectivity index (χ2v) is 7.66. The Balaban J connectivity index is 1.72. The van der Waals surface area contributed by atoms with Crippen molar-refractivity contribution in [3.05, 3.63) is 12.5 Å². The number of carbonyl (C=O) groups is 2. The van der Waals surface area contributed by atoms with Crippen LogP contribution in [-0.2, 0) is 26.7 Å². The number of fused-ring (bicyclic) bond motifs is 1. The van der Waals surface area contributed by atoms with E-state index in [1.165, 1.54) is 17.4 Å². The highest BCUT2D eigenvalue weighted by molar-refractivity contribution is 7.89. The Bertz CT molecular complexity index is 743. The lowest BCUT2D eigenvalue weighted by Crippen LogP contribution is -2.66. The molecule has 1 aromatic rings. The fourth-order valence-corrected chi connectivity index (χ4v) is 4.28. The van der Waals surface area contributed by atoms with Crippen LogP contribution in [0, 0.1) is 0 Å². The highest BCUT2D eigenvalue weighted by Gasteiger charge is 2.43. The topological polar surface area (TPSA) is 113 Å². The van der Waals surface area contributed by atoms with Gasteiger partial charge < -0.3 is 14.8 Å². The van der Waals surface area contributed by atoms with Gasteiger partial charge in [0.05, 0.1) is 6.33 Å². The quantitative estimate of drug-likeness (QED) is 0.700. The normalized spacial score (nSPS) is 28.4. The first kappa shape index (κ1) is 15.9. The molecule has 2 amide bonds. The number of nitrogens with zero attached hydrogens (tertiary/aromatic N) is 3. The van der Waals surface area contributed by atoms with Crippen LogP contribution in [0.25, 0.3) is 0 Å². The van der Waals surface area contributed by atoms with Crippen molar-refractivity contribution in [2.45, 2.75) is 42.9 Å². The van der Waals surface area contributed by atoms with E-state index in [4.69, 9.17) is 0 Å². The summed E-state index contributed by atoms with van der Waals surface area (Å²) < 4.78 is 28.7. The third kappa shape index (κ3) is 2.95. The van der Waals surface area contributed by atoms with Crippen LogP contribution in [0.5, 0.6) is 0 Å². The molecule has 0 bridgehead atoms. The van der Waals surface area contributed by atoms with E-state index in [1.807, 2.05) is 0 Å². The molecule has 2 aliphatic rings. The number of aryl methyl sites for hydroxylation is 1. The lowest BCUT2D eigenvalue weighted by Gasteiger charge is -2.43. The van der Waals surface area contributed by atoms with E-state index in [1.54, 1.807) is 18.5 Å². The molecular weight excluding hydrogens is 322 g/mol. The molecule has 2 aliphatic heterocycles. The van der Waals surface area contributed by atoms with Gasteiger partial charge >= 0.3 is 0 Å². The highest BCUT2D eigenvalue weighted by atomic mass is 32.2. The van der Waals surface area contributed by atoms with E-state index in [0.717, 1.165) is 0 Å². The molecule has 3 rings (SSSR count). The number of piperazine rings is 1. The maximum absolute atomic E-state index is 12.3. The van der Waals surface area contributed by atoms with Crippen molar-refractivity contribution in [2.24, 2.45) is 7.05 Å². The fourth-order valence-electron chi connectivity index (χ4n) is 3.01. The molecule has 9 nitrogen and oxygen atoms in total. The second kappa shape index (κ2) is 5.60. The first-order valence-corrected chi connectivity index (χ1v) is 8.87. The van der Waals surface area contributed by atoms with Crippen LogP contribution in [0.15, 0.2) is 17.6 Å². The maximum Gasteiger partial charge on any atom is 0.259 e. The van der Waals surface area contributed by atoms with Crippen molar-refractivity contribution >= 4 is 21.8 Å². The van der Waals surface area contributed by atoms with Gasteiger partial charge in [0.1, 0.15) is 12.1 Å². The van der Waals surface area contributed by atoms with Crippen LogP contribution in [0.2, 0.25) is 0 Å². The van der Waals surface area contributed by atoms with E-state index < -0.39 is 28.1 Å². The van der Waals surface area contributed by atoms with Crippen LogP contribution < -0.4 is 10.0 Å². The van der Waals surface area contributed by atoms with Crippen molar-refractivity contribution in [1.29, 1.82) is 0 Å². The van der Waals surface area contributed by atoms with Gasteiger partial charge in [-0.2, -0.15) is 0 Å². The molecule has 0 aromatic carbocycles. The number of aromatic nitrogens is 2. The molecule has 0 aliphatic carbocycles. The first-order chi connectivity index (χ1) is 10.8. The molecule has 0 saturated carbocycles. The van der Waals surface area contributed by atoms with E-state index >= 15 is 0 Å². The molecule has 2 fully saturated rings. The third-order valence-corrected chi connectivity index (χ3v) is 5.60. The van der Waals surface area contributed by atoms with E-state index in [0.29, 0.717) is 13.0 Å². The number of rotatable bonds is 3. The Labute approximate surface area is 134 Å². The summed E-state index contributed by atoms with van der Waals surface area (Å²) in [4.78, 5) is 29.5. The number of nitrogens with one attached hydrogen (secondary N) is 2. The summed E-state index contributed by atoms with van der Waals surface area (Å²) in [5.41, 5.74) is 0. The van der Waals surface area contributed by atoms with Gasteiger partial charge in [-0.25, -0.2) is 18.1 Å². The lowest BCUT2D eigenvalue weighted by atomic mass is 9.94. The SMILES string of the molecule is CC1NC(=O)C2CC(NS(=O)(=O)c3cn(C)cn3)CCN2C1=O. The Morgan fingerprint density at radius 2 is 2.13 bits per heavy atom. The number of sulfonamides is 1. The monoisotopic (exact) mass is 341 g/mol. The van der Waals surface area contributed by atoms with Crippen LogP contribution in [0.4, 0.5) is 0 Å². The number of hydrogen-bond donors (Lipinski definition) is 2. The molecule has 3 atom stereocenters. The molecule has 3 heterocycles. The Morgan fingerprint density at radius 1 is 1.39 bits per heavy atom. The maximum atomic E-state index is 12.3. The summed E-state index contributed by atoms with van der Waals surface area (Å²) in [6.45, 7) is 2.00. The van der Waals surface area contributed by atoms with Crippen molar-refractivity contribution in [3.63, 3.8) is 0 Å². The van der Waals surface area contributed by atoms with Crippen LogP contribution in [0.1, 0.15) is 19.8 Å². The van der Waals surface area contributed by atoms with Gasteiger partial charge in [-0.3, -0.25) is 9.59 Å². The van der Waals surface area contributed by atoms with Crippen molar-refractivity contribution in [3.8, 4) is 0 Å². The lowest BCUT2D eigenvalue weighted by molar-refractivity contribution is -0.151. The van der Waals surface area contributed by atoms with Gasteiger partial charge in [-0.05, 0) is 19.8 Å². The largest absolute Gasteiger partial charge is 0.343 e. The third-order valence-electron chi connectivity index (χ3n) is 4.20.